The predicted octanol–water partition coefficient (Wildman–Crippen LogP) is 0.244. The van der Waals surface area contributed by atoms with E-state index < -0.39 is 0 Å². The van der Waals surface area contributed by atoms with E-state index in [2.05, 4.69) is 34.6 Å². The monoisotopic (exact) mass is 197 g/mol. The Hall–Kier alpha value is -0.970. The molecule has 1 rings (SSSR count). The van der Waals surface area contributed by atoms with Gasteiger partial charge in [0.15, 0.2) is 5.82 Å². The van der Waals surface area contributed by atoms with E-state index in [1.54, 1.807) is 7.05 Å². The zero-order chi connectivity index (χ0) is 10.6. The van der Waals surface area contributed by atoms with Gasteiger partial charge in [0.25, 0.3) is 0 Å². The number of nitrogens with one attached hydrogen (secondary N) is 1. The van der Waals surface area contributed by atoms with Crippen LogP contribution in [0.2, 0.25) is 0 Å². The Morgan fingerprint density at radius 2 is 2.07 bits per heavy atom. The van der Waals surface area contributed by atoms with Gasteiger partial charge in [0.2, 0.25) is 0 Å². The number of nitrogens with zero attached hydrogens (tertiary/aromatic N) is 4. The molecule has 0 radical (unpaired) electrons. The molecule has 1 heterocycles. The normalized spacial score (nSPS) is 15.4. The summed E-state index contributed by atoms with van der Waals surface area (Å²) in [5, 5.41) is 15.1. The maximum absolute atomic E-state index is 4.17. The van der Waals surface area contributed by atoms with E-state index in [-0.39, 0.29) is 0 Å². The number of tetrazole rings is 1. The summed E-state index contributed by atoms with van der Waals surface area (Å²) < 4.78 is 0. The molecule has 0 bridgehead atoms. The molecule has 0 fully saturated rings. The van der Waals surface area contributed by atoms with Gasteiger partial charge in [0.1, 0.15) is 0 Å². The summed E-state index contributed by atoms with van der Waals surface area (Å²) in [6.07, 6.45) is 0.899. The summed E-state index contributed by atoms with van der Waals surface area (Å²) in [6, 6.07) is 0. The molecule has 0 amide bonds. The molecular weight excluding hydrogens is 178 g/mol. The molecule has 0 spiro atoms. The van der Waals surface area contributed by atoms with Crippen molar-refractivity contribution in [1.82, 2.24) is 25.5 Å². The third kappa shape index (κ3) is 3.06. The maximum atomic E-state index is 4.17. The smallest absolute Gasteiger partial charge is 0.175 e. The van der Waals surface area contributed by atoms with E-state index >= 15 is 0 Å². The Bertz CT molecular complexity index is 270. The fourth-order valence-electron chi connectivity index (χ4n) is 1.42. The van der Waals surface area contributed by atoms with Crippen LogP contribution in [0.15, 0.2) is 0 Å². The molecule has 2 atom stereocenters. The van der Waals surface area contributed by atoms with E-state index in [0.717, 1.165) is 18.8 Å². The van der Waals surface area contributed by atoms with Gasteiger partial charge in [0, 0.05) is 6.42 Å². The van der Waals surface area contributed by atoms with E-state index in [0.29, 0.717) is 11.8 Å². The highest BCUT2D eigenvalue weighted by molar-refractivity contribution is 4.81. The van der Waals surface area contributed by atoms with Crippen LogP contribution in [0.4, 0.5) is 0 Å². The average Bonchev–Trinajstić information content (AvgIpc) is 2.51. The lowest BCUT2D eigenvalue weighted by molar-refractivity contribution is 0.368. The fourth-order valence-corrected chi connectivity index (χ4v) is 1.42. The van der Waals surface area contributed by atoms with Gasteiger partial charge >= 0.3 is 0 Å². The Morgan fingerprint density at radius 3 is 2.57 bits per heavy atom. The van der Waals surface area contributed by atoms with E-state index in [1.807, 2.05) is 7.05 Å². The highest BCUT2D eigenvalue weighted by Gasteiger charge is 2.14. The topological polar surface area (TPSA) is 55.6 Å². The third-order valence-corrected chi connectivity index (χ3v) is 2.55. The number of aromatic nitrogens is 4. The molecule has 1 N–H and O–H groups in total. The van der Waals surface area contributed by atoms with Crippen LogP contribution in [-0.2, 0) is 13.5 Å². The Morgan fingerprint density at radius 1 is 1.36 bits per heavy atom. The molecule has 80 valence electrons. The number of rotatable bonds is 5. The van der Waals surface area contributed by atoms with E-state index in [1.165, 1.54) is 4.80 Å². The fraction of sp³-hybridized carbons (Fsp3) is 0.889. The third-order valence-electron chi connectivity index (χ3n) is 2.55. The van der Waals surface area contributed by atoms with Gasteiger partial charge in [-0.25, -0.2) is 0 Å². The number of hydrogen-bond acceptors (Lipinski definition) is 4. The van der Waals surface area contributed by atoms with E-state index in [9.17, 15) is 0 Å². The van der Waals surface area contributed by atoms with Crippen LogP contribution in [0.3, 0.4) is 0 Å². The molecule has 5 heteroatoms. The number of hydrogen-bond donors (Lipinski definition) is 1. The lowest BCUT2D eigenvalue weighted by atomic mass is 9.93. The summed E-state index contributed by atoms with van der Waals surface area (Å²) in [6.45, 7) is 5.48. The van der Waals surface area contributed by atoms with E-state index in [4.69, 9.17) is 0 Å². The summed E-state index contributed by atoms with van der Waals surface area (Å²) >= 11 is 0. The molecule has 1 aromatic heterocycles. The van der Waals surface area contributed by atoms with Crippen LogP contribution in [0.25, 0.3) is 0 Å². The largest absolute Gasteiger partial charge is 0.319 e. The van der Waals surface area contributed by atoms with Crippen molar-refractivity contribution < 1.29 is 0 Å². The zero-order valence-electron chi connectivity index (χ0n) is 9.36. The van der Waals surface area contributed by atoms with Crippen molar-refractivity contribution in [2.45, 2.75) is 20.3 Å². The van der Waals surface area contributed by atoms with Crippen molar-refractivity contribution in [2.24, 2.45) is 18.9 Å². The first-order valence-corrected chi connectivity index (χ1v) is 5.01. The lowest BCUT2D eigenvalue weighted by Gasteiger charge is -2.17. The molecule has 0 aliphatic heterocycles. The standard InChI is InChI=1S/C9H19N5/c1-7(8(2)6-10-3)5-9-11-13-14(4)12-9/h7-8,10H,5-6H2,1-4H3. The van der Waals surface area contributed by atoms with Crippen molar-refractivity contribution >= 4 is 0 Å². The minimum absolute atomic E-state index is 0.576. The zero-order valence-corrected chi connectivity index (χ0v) is 9.36. The first-order chi connectivity index (χ1) is 6.63. The van der Waals surface area contributed by atoms with Crippen LogP contribution < -0.4 is 5.32 Å². The van der Waals surface area contributed by atoms with Crippen LogP contribution in [-0.4, -0.2) is 33.8 Å². The summed E-state index contributed by atoms with van der Waals surface area (Å²) in [7, 11) is 3.77. The predicted molar refractivity (Wildman–Crippen MR) is 54.8 cm³/mol. The summed E-state index contributed by atoms with van der Waals surface area (Å²) in [5.41, 5.74) is 0. The second-order valence-electron chi connectivity index (χ2n) is 3.91. The van der Waals surface area contributed by atoms with Crippen molar-refractivity contribution in [3.8, 4) is 0 Å². The molecule has 1 aromatic rings. The van der Waals surface area contributed by atoms with Gasteiger partial charge in [-0.1, -0.05) is 13.8 Å². The molecule has 0 aromatic carbocycles. The van der Waals surface area contributed by atoms with Crippen LogP contribution in [0.5, 0.6) is 0 Å². The summed E-state index contributed by atoms with van der Waals surface area (Å²) in [5.74, 6) is 2.04. The molecule has 0 aliphatic carbocycles. The molecule has 0 saturated carbocycles. The van der Waals surface area contributed by atoms with Gasteiger partial charge in [0.05, 0.1) is 7.05 Å². The van der Waals surface area contributed by atoms with Crippen molar-refractivity contribution in [2.75, 3.05) is 13.6 Å². The second kappa shape index (κ2) is 5.05. The molecule has 0 saturated heterocycles. The quantitative estimate of drug-likeness (QED) is 0.735. The van der Waals surface area contributed by atoms with Gasteiger partial charge in [-0.3, -0.25) is 0 Å². The highest BCUT2D eigenvalue weighted by atomic mass is 15.6. The Balaban J connectivity index is 2.43. The SMILES string of the molecule is CNCC(C)C(C)Cc1nnn(C)n1. The minimum Gasteiger partial charge on any atom is -0.319 e. The van der Waals surface area contributed by atoms with Gasteiger partial charge in [-0.15, -0.1) is 10.2 Å². The molecular formula is C9H19N5. The van der Waals surface area contributed by atoms with Gasteiger partial charge in [-0.05, 0) is 30.6 Å². The molecule has 5 nitrogen and oxygen atoms in total. The first-order valence-electron chi connectivity index (χ1n) is 5.01. The average molecular weight is 197 g/mol. The van der Waals surface area contributed by atoms with Crippen molar-refractivity contribution in [3.05, 3.63) is 5.82 Å². The molecule has 2 unspecified atom stereocenters. The van der Waals surface area contributed by atoms with Crippen molar-refractivity contribution in [3.63, 3.8) is 0 Å². The minimum atomic E-state index is 0.576. The Kier molecular flexibility index (Phi) is 4.00. The van der Waals surface area contributed by atoms with Crippen molar-refractivity contribution in [1.29, 1.82) is 0 Å². The maximum Gasteiger partial charge on any atom is 0.175 e. The van der Waals surface area contributed by atoms with Gasteiger partial charge in [-0.2, -0.15) is 4.80 Å². The lowest BCUT2D eigenvalue weighted by Crippen LogP contribution is -2.23. The molecule has 0 aliphatic rings. The second-order valence-corrected chi connectivity index (χ2v) is 3.91. The summed E-state index contributed by atoms with van der Waals surface area (Å²) in [4.78, 5) is 1.50. The number of aryl methyl sites for hydroxylation is 1. The van der Waals surface area contributed by atoms with Crippen LogP contribution in [0, 0.1) is 11.8 Å². The highest BCUT2D eigenvalue weighted by Crippen LogP contribution is 2.13. The van der Waals surface area contributed by atoms with Crippen LogP contribution >= 0.6 is 0 Å². The first kappa shape index (κ1) is 11.1. The Labute approximate surface area is 84.9 Å². The van der Waals surface area contributed by atoms with Crippen LogP contribution in [0.1, 0.15) is 19.7 Å². The van der Waals surface area contributed by atoms with Gasteiger partial charge < -0.3 is 5.32 Å². The molecule has 14 heavy (non-hydrogen) atoms.